The lowest BCUT2D eigenvalue weighted by atomic mass is 9.99. The summed E-state index contributed by atoms with van der Waals surface area (Å²) in [6.45, 7) is 12.0. The number of aliphatic hydroxyl groups excluding tert-OH is 1. The zero-order chi connectivity index (χ0) is 71.6. The summed E-state index contributed by atoms with van der Waals surface area (Å²) in [5.41, 5.74) is 0. The van der Waals surface area contributed by atoms with Crippen molar-refractivity contribution in [2.75, 3.05) is 39.6 Å². The maximum absolute atomic E-state index is 13.1. The van der Waals surface area contributed by atoms with Crippen LogP contribution in [-0.2, 0) is 65.4 Å². The van der Waals surface area contributed by atoms with E-state index in [1.807, 2.05) is 0 Å². The minimum Gasteiger partial charge on any atom is -0.462 e. The lowest BCUT2D eigenvalue weighted by Gasteiger charge is -2.21. The van der Waals surface area contributed by atoms with E-state index >= 15 is 0 Å². The number of rotatable bonds is 76. The van der Waals surface area contributed by atoms with Crippen molar-refractivity contribution in [1.82, 2.24) is 0 Å². The largest absolute Gasteiger partial charge is 0.472 e. The maximum atomic E-state index is 13.1. The molecule has 0 saturated heterocycles. The number of esters is 4. The second-order valence-corrected chi connectivity index (χ2v) is 32.0. The molecule has 0 heterocycles. The van der Waals surface area contributed by atoms with Crippen LogP contribution in [0.15, 0.2) is 0 Å². The topological polar surface area (TPSA) is 237 Å². The van der Waals surface area contributed by atoms with Gasteiger partial charge in [-0.05, 0) is 43.4 Å². The first-order valence-corrected chi connectivity index (χ1v) is 43.4. The van der Waals surface area contributed by atoms with Gasteiger partial charge in [0.2, 0.25) is 0 Å². The maximum Gasteiger partial charge on any atom is 0.472 e. The highest BCUT2D eigenvalue weighted by Crippen LogP contribution is 2.45. The molecule has 4 unspecified atom stereocenters. The minimum atomic E-state index is -4.96. The third-order valence-corrected chi connectivity index (χ3v) is 20.8. The number of hydrogen-bond acceptors (Lipinski definition) is 15. The van der Waals surface area contributed by atoms with Crippen LogP contribution in [0.25, 0.3) is 0 Å². The number of unbranched alkanes of at least 4 members (excludes halogenated alkanes) is 42. The number of carbonyl (C=O) groups excluding carboxylic acids is 4. The first-order chi connectivity index (χ1) is 46.8. The van der Waals surface area contributed by atoms with Crippen LogP contribution in [0.3, 0.4) is 0 Å². The molecule has 576 valence electrons. The number of aliphatic hydroxyl groups is 1. The molecule has 0 rings (SSSR count). The molecule has 0 amide bonds. The Hall–Kier alpha value is -1.94. The third kappa shape index (κ3) is 69.5. The average molecular weight is 1420 g/mol. The smallest absolute Gasteiger partial charge is 0.462 e. The SMILES string of the molecule is CCCCCCCCCCCCCCCCCC(=O)OC[C@H](COP(=O)(O)OC[C@@H](O)COP(=O)(O)OC[C@@H](COC(=O)CCCCCCCCCCC(C)CC)OC(=O)CCCCCCCCCCCC(C)C)OC(=O)CCCCCCCCCCCCCCCCC(C)CC. The quantitative estimate of drug-likeness (QED) is 0.0222. The van der Waals surface area contributed by atoms with Crippen molar-refractivity contribution in [1.29, 1.82) is 0 Å². The molecule has 0 aliphatic heterocycles. The van der Waals surface area contributed by atoms with E-state index in [2.05, 4.69) is 48.5 Å². The zero-order valence-corrected chi connectivity index (χ0v) is 65.3. The number of ether oxygens (including phenoxy) is 4. The minimum absolute atomic E-state index is 0.105. The molecule has 0 aromatic heterocycles. The Balaban J connectivity index is 5.26. The Morgan fingerprint density at radius 2 is 0.526 bits per heavy atom. The van der Waals surface area contributed by atoms with Crippen molar-refractivity contribution < 1.29 is 80.2 Å². The third-order valence-electron chi connectivity index (χ3n) is 18.9. The Morgan fingerprint density at radius 3 is 0.784 bits per heavy atom. The number of phosphoric acid groups is 2. The second-order valence-electron chi connectivity index (χ2n) is 29.1. The Labute approximate surface area is 594 Å². The summed E-state index contributed by atoms with van der Waals surface area (Å²) in [6, 6.07) is 0. The summed E-state index contributed by atoms with van der Waals surface area (Å²) in [6.07, 6.45) is 55.3. The van der Waals surface area contributed by atoms with E-state index in [4.69, 9.17) is 37.0 Å². The molecule has 0 aromatic rings. The van der Waals surface area contributed by atoms with E-state index in [1.165, 1.54) is 212 Å². The Bertz CT molecular complexity index is 1890. The molecule has 97 heavy (non-hydrogen) atoms. The summed E-state index contributed by atoms with van der Waals surface area (Å²) in [7, 11) is -9.92. The van der Waals surface area contributed by atoms with Crippen LogP contribution in [0.1, 0.15) is 402 Å². The van der Waals surface area contributed by atoms with Crippen LogP contribution in [-0.4, -0.2) is 96.7 Å². The molecule has 0 fully saturated rings. The summed E-state index contributed by atoms with van der Waals surface area (Å²) in [5, 5.41) is 10.6. The van der Waals surface area contributed by atoms with Crippen LogP contribution >= 0.6 is 15.6 Å². The van der Waals surface area contributed by atoms with Crippen molar-refractivity contribution in [3.8, 4) is 0 Å². The van der Waals surface area contributed by atoms with Gasteiger partial charge >= 0.3 is 39.5 Å². The van der Waals surface area contributed by atoms with Gasteiger partial charge in [0, 0.05) is 25.7 Å². The fourth-order valence-electron chi connectivity index (χ4n) is 11.9. The van der Waals surface area contributed by atoms with E-state index in [1.54, 1.807) is 0 Å². The molecule has 0 aromatic carbocycles. The molecular weight excluding hydrogens is 1270 g/mol. The first-order valence-electron chi connectivity index (χ1n) is 40.4. The fourth-order valence-corrected chi connectivity index (χ4v) is 13.5. The molecule has 0 aliphatic rings. The zero-order valence-electron chi connectivity index (χ0n) is 63.5. The van der Waals surface area contributed by atoms with Gasteiger partial charge in [-0.15, -0.1) is 0 Å². The van der Waals surface area contributed by atoms with Gasteiger partial charge < -0.3 is 33.8 Å². The van der Waals surface area contributed by atoms with Crippen LogP contribution in [0.4, 0.5) is 0 Å². The highest BCUT2D eigenvalue weighted by molar-refractivity contribution is 7.47. The van der Waals surface area contributed by atoms with Gasteiger partial charge in [-0.1, -0.05) is 350 Å². The van der Waals surface area contributed by atoms with E-state index in [0.717, 1.165) is 108 Å². The van der Waals surface area contributed by atoms with Crippen molar-refractivity contribution in [3.63, 3.8) is 0 Å². The van der Waals surface area contributed by atoms with Gasteiger partial charge in [-0.25, -0.2) is 9.13 Å². The average Bonchev–Trinajstić information content (AvgIpc) is 1.81. The summed E-state index contributed by atoms with van der Waals surface area (Å²) in [5.74, 6) is 0.245. The van der Waals surface area contributed by atoms with Gasteiger partial charge in [0.25, 0.3) is 0 Å². The normalized spacial score (nSPS) is 14.6. The van der Waals surface area contributed by atoms with E-state index in [0.29, 0.717) is 25.7 Å². The highest BCUT2D eigenvalue weighted by Gasteiger charge is 2.30. The molecule has 17 nitrogen and oxygen atoms in total. The van der Waals surface area contributed by atoms with Gasteiger partial charge in [0.05, 0.1) is 26.4 Å². The molecule has 0 aliphatic carbocycles. The molecule has 19 heteroatoms. The molecule has 3 N–H and O–H groups in total. The molecular formula is C78H152O17P2. The van der Waals surface area contributed by atoms with E-state index in [-0.39, 0.29) is 25.7 Å². The Morgan fingerprint density at radius 1 is 0.299 bits per heavy atom. The number of carbonyl (C=O) groups is 4. The van der Waals surface area contributed by atoms with E-state index < -0.39 is 97.5 Å². The van der Waals surface area contributed by atoms with E-state index in [9.17, 15) is 43.2 Å². The van der Waals surface area contributed by atoms with Crippen molar-refractivity contribution in [3.05, 3.63) is 0 Å². The predicted molar refractivity (Wildman–Crippen MR) is 395 cm³/mol. The second kappa shape index (κ2) is 68.5. The first kappa shape index (κ1) is 95.1. The number of hydrogen-bond donors (Lipinski definition) is 3. The Kier molecular flexibility index (Phi) is 67.1. The highest BCUT2D eigenvalue weighted by atomic mass is 31.2. The van der Waals surface area contributed by atoms with Crippen LogP contribution < -0.4 is 0 Å². The molecule has 0 radical (unpaired) electrons. The van der Waals surface area contributed by atoms with Crippen molar-refractivity contribution in [2.45, 2.75) is 420 Å². The van der Waals surface area contributed by atoms with Gasteiger partial charge in [0.15, 0.2) is 12.2 Å². The lowest BCUT2D eigenvalue weighted by molar-refractivity contribution is -0.161. The van der Waals surface area contributed by atoms with Crippen LogP contribution in [0.2, 0.25) is 0 Å². The lowest BCUT2D eigenvalue weighted by Crippen LogP contribution is -2.30. The van der Waals surface area contributed by atoms with Crippen molar-refractivity contribution in [2.24, 2.45) is 17.8 Å². The standard InChI is InChI=1S/C78H152O17P2/c1-8-11-12-13-14-15-16-17-18-22-25-30-38-45-52-59-75(80)88-65-73(94-77(82)61-54-47-40-31-26-23-20-19-21-24-29-36-43-50-57-70(6)9-2)67-92-96(84,85)90-63-72(79)64-91-97(86,87)93-68-74(95-78(83)62-55-48-41-32-27-28-35-42-49-56-69(4)5)66-89-76(81)60-53-46-39-34-33-37-44-51-58-71(7)10-3/h69-74,79H,8-68H2,1-7H3,(H,84,85)(H,86,87)/t70?,71?,72-,73-,74-/m1/s1. The molecule has 0 spiro atoms. The molecule has 0 saturated carbocycles. The van der Waals surface area contributed by atoms with Crippen LogP contribution in [0, 0.1) is 17.8 Å². The van der Waals surface area contributed by atoms with Crippen molar-refractivity contribution >= 4 is 39.5 Å². The summed E-state index contributed by atoms with van der Waals surface area (Å²) >= 11 is 0. The predicted octanol–water partition coefficient (Wildman–Crippen LogP) is 23.0. The van der Waals surface area contributed by atoms with Crippen LogP contribution in [0.5, 0.6) is 0 Å². The molecule has 0 bridgehead atoms. The van der Waals surface area contributed by atoms with Gasteiger partial charge in [0.1, 0.15) is 19.3 Å². The summed E-state index contributed by atoms with van der Waals surface area (Å²) in [4.78, 5) is 72.9. The monoisotopic (exact) mass is 1420 g/mol. The number of phosphoric ester groups is 2. The van der Waals surface area contributed by atoms with Gasteiger partial charge in [-0.3, -0.25) is 37.3 Å². The van der Waals surface area contributed by atoms with Gasteiger partial charge in [-0.2, -0.15) is 0 Å². The summed E-state index contributed by atoms with van der Waals surface area (Å²) < 4.78 is 68.6. The fraction of sp³-hybridized carbons (Fsp3) is 0.949. The molecule has 7 atom stereocenters.